The lowest BCUT2D eigenvalue weighted by Crippen LogP contribution is -2.53. The Morgan fingerprint density at radius 1 is 1.24 bits per heavy atom. The number of fused-ring (bicyclic) bond motifs is 1. The first-order chi connectivity index (χ1) is 12.3. The molecule has 0 aromatic carbocycles. The number of aromatic nitrogens is 4. The van der Waals surface area contributed by atoms with Gasteiger partial charge in [0.15, 0.2) is 0 Å². The molecular weight excluding hydrogens is 322 g/mol. The van der Waals surface area contributed by atoms with Gasteiger partial charge in [0.1, 0.15) is 0 Å². The van der Waals surface area contributed by atoms with E-state index in [4.69, 9.17) is 9.47 Å². The topological polar surface area (TPSA) is 90.3 Å². The largest absolute Gasteiger partial charge is 0.463 e. The third-order valence-electron chi connectivity index (χ3n) is 4.78. The second-order valence-corrected chi connectivity index (χ2v) is 6.21. The molecule has 1 amide bonds. The van der Waals surface area contributed by atoms with Gasteiger partial charge < -0.3 is 14.4 Å². The molecule has 130 valence electrons. The van der Waals surface area contributed by atoms with E-state index in [1.54, 1.807) is 24.5 Å². The van der Waals surface area contributed by atoms with Crippen LogP contribution in [0.1, 0.15) is 23.2 Å². The fourth-order valence-electron chi connectivity index (χ4n) is 3.62. The van der Waals surface area contributed by atoms with Gasteiger partial charge in [0.25, 0.3) is 5.91 Å². The summed E-state index contributed by atoms with van der Waals surface area (Å²) in [5, 5.41) is 7.53. The normalized spacial score (nSPS) is 25.4. The van der Waals surface area contributed by atoms with Crippen LogP contribution >= 0.6 is 0 Å². The minimum atomic E-state index is -0.0174. The molecule has 2 aromatic rings. The summed E-state index contributed by atoms with van der Waals surface area (Å²) in [6, 6.07) is 3.89. The molecule has 0 unspecified atom stereocenters. The van der Waals surface area contributed by atoms with Gasteiger partial charge in [0.2, 0.25) is 0 Å². The summed E-state index contributed by atoms with van der Waals surface area (Å²) >= 11 is 0. The standard InChI is InChI=1S/C17H19N5O3/c23-16(12-4-7-20-21-10-12)22-8-9-24-15-13(2-3-14(15)22)11-25-17-18-5-1-6-19-17/h1,4-7,10,13-15H,2-3,8-9,11H2/t13-,14-,15+/m0/s1. The van der Waals surface area contributed by atoms with E-state index >= 15 is 0 Å². The minimum absolute atomic E-state index is 0.0128. The summed E-state index contributed by atoms with van der Waals surface area (Å²) in [6.07, 6.45) is 8.18. The van der Waals surface area contributed by atoms with Gasteiger partial charge in [0.05, 0.1) is 43.3 Å². The number of carbonyl (C=O) groups is 1. The summed E-state index contributed by atoms with van der Waals surface area (Å²) in [5.74, 6) is 0.209. The van der Waals surface area contributed by atoms with Gasteiger partial charge in [-0.1, -0.05) is 0 Å². The number of amides is 1. The van der Waals surface area contributed by atoms with Crippen LogP contribution in [0.25, 0.3) is 0 Å². The molecule has 0 radical (unpaired) electrons. The van der Waals surface area contributed by atoms with Crippen LogP contribution in [0.3, 0.4) is 0 Å². The van der Waals surface area contributed by atoms with Crippen LogP contribution < -0.4 is 4.74 Å². The van der Waals surface area contributed by atoms with E-state index < -0.39 is 0 Å². The van der Waals surface area contributed by atoms with Crippen LogP contribution in [-0.2, 0) is 4.74 Å². The first kappa shape index (κ1) is 15.9. The Bertz CT molecular complexity index is 715. The highest BCUT2D eigenvalue weighted by molar-refractivity contribution is 5.94. The molecule has 1 aliphatic heterocycles. The smallest absolute Gasteiger partial charge is 0.316 e. The molecular formula is C17H19N5O3. The molecule has 2 fully saturated rings. The summed E-state index contributed by atoms with van der Waals surface area (Å²) in [6.45, 7) is 1.62. The first-order valence-corrected chi connectivity index (χ1v) is 8.42. The minimum Gasteiger partial charge on any atom is -0.463 e. The highest BCUT2D eigenvalue weighted by Crippen LogP contribution is 2.35. The Balaban J connectivity index is 1.42. The summed E-state index contributed by atoms with van der Waals surface area (Å²) in [4.78, 5) is 22.8. The predicted molar refractivity (Wildman–Crippen MR) is 86.8 cm³/mol. The zero-order chi connectivity index (χ0) is 17.1. The van der Waals surface area contributed by atoms with Crippen molar-refractivity contribution in [1.82, 2.24) is 25.1 Å². The van der Waals surface area contributed by atoms with Crippen LogP contribution in [0, 0.1) is 5.92 Å². The quantitative estimate of drug-likeness (QED) is 0.818. The number of ether oxygens (including phenoxy) is 2. The van der Waals surface area contributed by atoms with Gasteiger partial charge in [-0.3, -0.25) is 4.79 Å². The van der Waals surface area contributed by atoms with E-state index in [1.165, 1.54) is 12.4 Å². The summed E-state index contributed by atoms with van der Waals surface area (Å²) < 4.78 is 11.7. The summed E-state index contributed by atoms with van der Waals surface area (Å²) in [5.41, 5.74) is 0.563. The zero-order valence-electron chi connectivity index (χ0n) is 13.7. The molecule has 2 aromatic heterocycles. The fourth-order valence-corrected chi connectivity index (χ4v) is 3.62. The third-order valence-corrected chi connectivity index (χ3v) is 4.78. The van der Waals surface area contributed by atoms with Gasteiger partial charge in [0, 0.05) is 24.9 Å². The van der Waals surface area contributed by atoms with Crippen molar-refractivity contribution < 1.29 is 14.3 Å². The Kier molecular flexibility index (Phi) is 4.51. The van der Waals surface area contributed by atoms with Gasteiger partial charge in [-0.05, 0) is 25.0 Å². The van der Waals surface area contributed by atoms with E-state index in [0.717, 1.165) is 12.8 Å². The van der Waals surface area contributed by atoms with Gasteiger partial charge >= 0.3 is 6.01 Å². The monoisotopic (exact) mass is 341 g/mol. The Hall–Kier alpha value is -2.61. The van der Waals surface area contributed by atoms with Crippen molar-refractivity contribution in [2.45, 2.75) is 25.0 Å². The average molecular weight is 341 g/mol. The molecule has 0 N–H and O–H groups in total. The third kappa shape index (κ3) is 3.30. The van der Waals surface area contributed by atoms with Crippen LogP contribution in [-0.4, -0.2) is 62.9 Å². The first-order valence-electron chi connectivity index (χ1n) is 8.42. The number of morpholine rings is 1. The van der Waals surface area contributed by atoms with Gasteiger partial charge in [-0.15, -0.1) is 0 Å². The zero-order valence-corrected chi connectivity index (χ0v) is 13.7. The Morgan fingerprint density at radius 3 is 2.92 bits per heavy atom. The fraction of sp³-hybridized carbons (Fsp3) is 0.471. The van der Waals surface area contributed by atoms with E-state index in [9.17, 15) is 4.79 Å². The molecule has 3 atom stereocenters. The van der Waals surface area contributed by atoms with E-state index in [-0.39, 0.29) is 24.0 Å². The molecule has 1 saturated heterocycles. The number of rotatable bonds is 4. The highest BCUT2D eigenvalue weighted by atomic mass is 16.5. The van der Waals surface area contributed by atoms with Gasteiger partial charge in [-0.2, -0.15) is 10.2 Å². The molecule has 0 bridgehead atoms. The molecule has 2 aliphatic rings. The van der Waals surface area contributed by atoms with Crippen molar-refractivity contribution in [3.63, 3.8) is 0 Å². The lowest BCUT2D eigenvalue weighted by Gasteiger charge is -2.39. The molecule has 25 heavy (non-hydrogen) atoms. The molecule has 1 saturated carbocycles. The van der Waals surface area contributed by atoms with E-state index in [0.29, 0.717) is 31.3 Å². The summed E-state index contributed by atoms with van der Waals surface area (Å²) in [7, 11) is 0. The van der Waals surface area contributed by atoms with Crippen LogP contribution in [0.4, 0.5) is 0 Å². The van der Waals surface area contributed by atoms with E-state index in [1.807, 2.05) is 4.90 Å². The SMILES string of the molecule is O=C(c1ccnnc1)N1CCO[C@@H]2[C@H](COc3ncccn3)CC[C@@H]21. The molecule has 8 heteroatoms. The second kappa shape index (κ2) is 7.10. The van der Waals surface area contributed by atoms with Crippen LogP contribution in [0.5, 0.6) is 6.01 Å². The number of hydrogen-bond donors (Lipinski definition) is 0. The van der Waals surface area contributed by atoms with Crippen LogP contribution in [0.15, 0.2) is 36.9 Å². The van der Waals surface area contributed by atoms with Gasteiger partial charge in [-0.25, -0.2) is 9.97 Å². The van der Waals surface area contributed by atoms with E-state index in [2.05, 4.69) is 20.2 Å². The lowest BCUT2D eigenvalue weighted by atomic mass is 10.0. The Morgan fingerprint density at radius 2 is 2.12 bits per heavy atom. The maximum atomic E-state index is 12.8. The van der Waals surface area contributed by atoms with Crippen molar-refractivity contribution in [2.24, 2.45) is 5.92 Å². The predicted octanol–water partition coefficient (Wildman–Crippen LogP) is 0.965. The number of carbonyl (C=O) groups excluding carboxylic acids is 1. The maximum absolute atomic E-state index is 12.8. The molecule has 0 spiro atoms. The average Bonchev–Trinajstić information content (AvgIpc) is 3.10. The molecule has 8 nitrogen and oxygen atoms in total. The molecule has 1 aliphatic carbocycles. The second-order valence-electron chi connectivity index (χ2n) is 6.21. The van der Waals surface area contributed by atoms with Crippen molar-refractivity contribution in [1.29, 1.82) is 0 Å². The lowest BCUT2D eigenvalue weighted by molar-refractivity contribution is -0.0683. The van der Waals surface area contributed by atoms with Crippen molar-refractivity contribution in [2.75, 3.05) is 19.8 Å². The molecule has 4 rings (SSSR count). The van der Waals surface area contributed by atoms with Crippen molar-refractivity contribution in [3.8, 4) is 6.01 Å². The van der Waals surface area contributed by atoms with Crippen molar-refractivity contribution >= 4 is 5.91 Å². The maximum Gasteiger partial charge on any atom is 0.316 e. The van der Waals surface area contributed by atoms with Crippen LogP contribution in [0.2, 0.25) is 0 Å². The number of nitrogens with zero attached hydrogens (tertiary/aromatic N) is 5. The molecule has 3 heterocycles. The number of hydrogen-bond acceptors (Lipinski definition) is 7. The van der Waals surface area contributed by atoms with Crippen molar-refractivity contribution in [3.05, 3.63) is 42.5 Å². The highest BCUT2D eigenvalue weighted by Gasteiger charge is 2.44. The Labute approximate surface area is 145 Å².